The van der Waals surface area contributed by atoms with Crippen LogP contribution < -0.4 is 11.0 Å². The number of nitrogens with zero attached hydrogens (tertiary/aromatic N) is 3. The van der Waals surface area contributed by atoms with E-state index in [0.29, 0.717) is 32.2 Å². The van der Waals surface area contributed by atoms with E-state index in [-0.39, 0.29) is 18.0 Å². The van der Waals surface area contributed by atoms with E-state index in [9.17, 15) is 9.59 Å². The highest BCUT2D eigenvalue weighted by atomic mass is 16.5. The normalized spacial score (nSPS) is 19.8. The third-order valence-electron chi connectivity index (χ3n) is 3.47. The summed E-state index contributed by atoms with van der Waals surface area (Å²) < 4.78 is 6.45. The summed E-state index contributed by atoms with van der Waals surface area (Å²) in [5, 5.41) is 6.07. The van der Waals surface area contributed by atoms with Gasteiger partial charge in [0.15, 0.2) is 0 Å². The second-order valence-corrected chi connectivity index (χ2v) is 5.16. The number of hydrogen-bond acceptors (Lipinski definition) is 5. The minimum atomic E-state index is -0.244. The van der Waals surface area contributed by atoms with E-state index in [2.05, 4.69) is 10.5 Å². The molecule has 3 rings (SSSR count). The van der Waals surface area contributed by atoms with Crippen molar-refractivity contribution in [3.05, 3.63) is 28.2 Å². The standard InChI is InChI=1S/C13H18N4O3/c18-12(15-16-5-7-20-8-6-16)9-17-13(19)4-3-11(14-17)10-1-2-10/h3-4,10H,1-2,5-9H2,(H,15,18). The molecule has 108 valence electrons. The van der Waals surface area contributed by atoms with Gasteiger partial charge in [-0.1, -0.05) is 0 Å². The number of amides is 1. The molecule has 1 N–H and O–H groups in total. The summed E-state index contributed by atoms with van der Waals surface area (Å²) >= 11 is 0. The first-order valence-electron chi connectivity index (χ1n) is 6.92. The Bertz CT molecular complexity index is 547. The van der Waals surface area contributed by atoms with Crippen LogP contribution in [-0.2, 0) is 16.1 Å². The van der Waals surface area contributed by atoms with Gasteiger partial charge in [0.05, 0.1) is 18.9 Å². The molecular formula is C13H18N4O3. The lowest BCUT2D eigenvalue weighted by Crippen LogP contribution is -2.49. The van der Waals surface area contributed by atoms with E-state index < -0.39 is 0 Å². The lowest BCUT2D eigenvalue weighted by Gasteiger charge is -2.26. The Hall–Kier alpha value is -1.73. The number of hydrazine groups is 1. The molecule has 1 aromatic rings. The fraction of sp³-hybridized carbons (Fsp3) is 0.615. The number of rotatable bonds is 4. The monoisotopic (exact) mass is 278 g/mol. The third-order valence-corrected chi connectivity index (χ3v) is 3.47. The maximum absolute atomic E-state index is 11.9. The highest BCUT2D eigenvalue weighted by Crippen LogP contribution is 2.38. The van der Waals surface area contributed by atoms with Crippen LogP contribution >= 0.6 is 0 Å². The van der Waals surface area contributed by atoms with E-state index in [1.165, 1.54) is 10.7 Å². The smallest absolute Gasteiger partial charge is 0.267 e. The van der Waals surface area contributed by atoms with E-state index in [1.807, 2.05) is 5.01 Å². The molecule has 0 unspecified atom stereocenters. The first-order valence-corrected chi connectivity index (χ1v) is 6.92. The first kappa shape index (κ1) is 13.3. The quantitative estimate of drug-likeness (QED) is 0.802. The SMILES string of the molecule is O=C(Cn1nc(C2CC2)ccc1=O)NN1CCOCC1. The van der Waals surface area contributed by atoms with Crippen LogP contribution in [0.3, 0.4) is 0 Å². The predicted octanol–water partition coefficient (Wildman–Crippen LogP) is -0.516. The zero-order chi connectivity index (χ0) is 13.9. The molecule has 0 radical (unpaired) electrons. The largest absolute Gasteiger partial charge is 0.379 e. The molecule has 0 aromatic carbocycles. The van der Waals surface area contributed by atoms with Gasteiger partial charge in [0.2, 0.25) is 0 Å². The molecule has 1 aliphatic heterocycles. The van der Waals surface area contributed by atoms with Gasteiger partial charge < -0.3 is 4.74 Å². The van der Waals surface area contributed by atoms with E-state index in [4.69, 9.17) is 4.74 Å². The van der Waals surface area contributed by atoms with Gasteiger partial charge in [0.25, 0.3) is 11.5 Å². The van der Waals surface area contributed by atoms with Crippen molar-refractivity contribution in [2.75, 3.05) is 26.3 Å². The molecule has 7 heteroatoms. The molecule has 0 bridgehead atoms. The van der Waals surface area contributed by atoms with Gasteiger partial charge >= 0.3 is 0 Å². The van der Waals surface area contributed by atoms with Crippen LogP contribution in [0.4, 0.5) is 0 Å². The van der Waals surface area contributed by atoms with Crippen molar-refractivity contribution in [3.8, 4) is 0 Å². The van der Waals surface area contributed by atoms with Crippen LogP contribution in [0.15, 0.2) is 16.9 Å². The van der Waals surface area contributed by atoms with Gasteiger partial charge in [-0.2, -0.15) is 5.10 Å². The molecule has 2 fully saturated rings. The molecule has 1 saturated carbocycles. The highest BCUT2D eigenvalue weighted by molar-refractivity contribution is 5.75. The predicted molar refractivity (Wildman–Crippen MR) is 71.0 cm³/mol. The van der Waals surface area contributed by atoms with Crippen molar-refractivity contribution in [2.24, 2.45) is 0 Å². The summed E-state index contributed by atoms with van der Waals surface area (Å²) in [6, 6.07) is 3.25. The maximum Gasteiger partial charge on any atom is 0.267 e. The van der Waals surface area contributed by atoms with Gasteiger partial charge in [-0.3, -0.25) is 15.0 Å². The highest BCUT2D eigenvalue weighted by Gasteiger charge is 2.25. The Morgan fingerprint density at radius 1 is 1.35 bits per heavy atom. The van der Waals surface area contributed by atoms with Gasteiger partial charge in [-0.05, 0) is 18.9 Å². The molecular weight excluding hydrogens is 260 g/mol. The van der Waals surface area contributed by atoms with Crippen LogP contribution in [0.2, 0.25) is 0 Å². The lowest BCUT2D eigenvalue weighted by molar-refractivity contribution is -0.128. The van der Waals surface area contributed by atoms with Crippen LogP contribution in [0.1, 0.15) is 24.5 Å². The van der Waals surface area contributed by atoms with E-state index in [1.54, 1.807) is 6.07 Å². The molecule has 20 heavy (non-hydrogen) atoms. The van der Waals surface area contributed by atoms with Crippen molar-refractivity contribution in [3.63, 3.8) is 0 Å². The number of morpholine rings is 1. The Labute approximate surface area is 116 Å². The average molecular weight is 278 g/mol. The van der Waals surface area contributed by atoms with Crippen molar-refractivity contribution < 1.29 is 9.53 Å². The molecule has 2 aliphatic rings. The average Bonchev–Trinajstić information content (AvgIpc) is 3.27. The number of ether oxygens (including phenoxy) is 1. The van der Waals surface area contributed by atoms with Crippen LogP contribution in [0.5, 0.6) is 0 Å². The Balaban J connectivity index is 1.62. The summed E-state index contributed by atoms with van der Waals surface area (Å²) in [6.45, 7) is 2.49. The number of hydrogen-bond donors (Lipinski definition) is 1. The molecule has 1 saturated heterocycles. The van der Waals surface area contributed by atoms with Crippen LogP contribution in [0.25, 0.3) is 0 Å². The van der Waals surface area contributed by atoms with Crippen molar-refractivity contribution in [2.45, 2.75) is 25.3 Å². The molecule has 7 nitrogen and oxygen atoms in total. The van der Waals surface area contributed by atoms with Gasteiger partial charge in [0, 0.05) is 25.1 Å². The van der Waals surface area contributed by atoms with Crippen LogP contribution in [-0.4, -0.2) is 47.0 Å². The van der Waals surface area contributed by atoms with Crippen molar-refractivity contribution >= 4 is 5.91 Å². The Kier molecular flexibility index (Phi) is 3.79. The van der Waals surface area contributed by atoms with E-state index >= 15 is 0 Å². The zero-order valence-corrected chi connectivity index (χ0v) is 11.2. The maximum atomic E-state index is 11.9. The van der Waals surface area contributed by atoms with Crippen molar-refractivity contribution in [1.82, 2.24) is 20.2 Å². The molecule has 2 heterocycles. The molecule has 1 amide bonds. The minimum Gasteiger partial charge on any atom is -0.379 e. The topological polar surface area (TPSA) is 76.5 Å². The van der Waals surface area contributed by atoms with Gasteiger partial charge in [-0.15, -0.1) is 0 Å². The van der Waals surface area contributed by atoms with Crippen molar-refractivity contribution in [1.29, 1.82) is 0 Å². The summed E-state index contributed by atoms with van der Waals surface area (Å²) in [6.07, 6.45) is 2.23. The fourth-order valence-corrected chi connectivity index (χ4v) is 2.20. The summed E-state index contributed by atoms with van der Waals surface area (Å²) in [5.41, 5.74) is 3.44. The third kappa shape index (κ3) is 3.23. The van der Waals surface area contributed by atoms with Gasteiger partial charge in [-0.25, -0.2) is 9.69 Å². The number of carbonyl (C=O) groups is 1. The molecule has 0 spiro atoms. The Morgan fingerprint density at radius 3 is 2.80 bits per heavy atom. The minimum absolute atomic E-state index is 0.0449. The first-order chi connectivity index (χ1) is 9.72. The summed E-state index contributed by atoms with van der Waals surface area (Å²) in [4.78, 5) is 23.7. The molecule has 1 aromatic heterocycles. The number of nitrogens with one attached hydrogen (secondary N) is 1. The van der Waals surface area contributed by atoms with Crippen LogP contribution in [0, 0.1) is 0 Å². The molecule has 0 atom stereocenters. The Morgan fingerprint density at radius 2 is 2.10 bits per heavy atom. The number of aromatic nitrogens is 2. The fourth-order valence-electron chi connectivity index (χ4n) is 2.20. The zero-order valence-electron chi connectivity index (χ0n) is 11.2. The van der Waals surface area contributed by atoms with E-state index in [0.717, 1.165) is 18.5 Å². The van der Waals surface area contributed by atoms with Gasteiger partial charge in [0.1, 0.15) is 6.54 Å². The number of carbonyl (C=O) groups excluding carboxylic acids is 1. The summed E-state index contributed by atoms with van der Waals surface area (Å²) in [7, 11) is 0. The molecule has 1 aliphatic carbocycles. The second-order valence-electron chi connectivity index (χ2n) is 5.16. The summed E-state index contributed by atoms with van der Waals surface area (Å²) in [5.74, 6) is 0.235. The lowest BCUT2D eigenvalue weighted by atomic mass is 10.3. The second kappa shape index (κ2) is 5.72.